The molecule has 0 saturated carbocycles. The number of aromatic hydroxyl groups is 1. The summed E-state index contributed by atoms with van der Waals surface area (Å²) >= 11 is 13.6. The lowest BCUT2D eigenvalue weighted by atomic mass is 10.2. The second-order valence-electron chi connectivity index (χ2n) is 7.13. The molecule has 0 bridgehead atoms. The van der Waals surface area contributed by atoms with Crippen LogP contribution in [0.25, 0.3) is 22.2 Å². The summed E-state index contributed by atoms with van der Waals surface area (Å²) in [5, 5.41) is 24.0. The summed E-state index contributed by atoms with van der Waals surface area (Å²) in [6.45, 7) is 0.498. The maximum absolute atomic E-state index is 11.0. The number of thiazole rings is 1. The normalized spacial score (nSPS) is 11.6. The highest BCUT2D eigenvalue weighted by molar-refractivity contribution is 7.13. The summed E-state index contributed by atoms with van der Waals surface area (Å²) < 4.78 is 1.80. The lowest BCUT2D eigenvalue weighted by Gasteiger charge is -2.07. The molecule has 0 atom stereocenters. The quantitative estimate of drug-likeness (QED) is 0.258. The van der Waals surface area contributed by atoms with E-state index in [0.717, 1.165) is 27.7 Å². The molecule has 8 heteroatoms. The minimum atomic E-state index is 0.0318. The first-order valence-electron chi connectivity index (χ1n) is 9.76. The van der Waals surface area contributed by atoms with Crippen LogP contribution in [0.1, 0.15) is 5.56 Å². The second-order valence-corrected chi connectivity index (χ2v) is 8.84. The second kappa shape index (κ2) is 8.74. The van der Waals surface area contributed by atoms with Crippen LogP contribution >= 0.6 is 34.5 Å². The van der Waals surface area contributed by atoms with E-state index in [2.05, 4.69) is 15.2 Å². The van der Waals surface area contributed by atoms with Crippen LogP contribution in [-0.2, 0) is 6.54 Å². The lowest BCUT2D eigenvalue weighted by Crippen LogP contribution is -1.98. The number of nitrogens with zero attached hydrogens (tertiary/aromatic N) is 4. The molecule has 0 saturated heterocycles. The minimum absolute atomic E-state index is 0.0318. The van der Waals surface area contributed by atoms with Gasteiger partial charge < -0.3 is 9.67 Å². The van der Waals surface area contributed by atoms with Crippen LogP contribution in [0.5, 0.6) is 5.88 Å². The molecule has 0 radical (unpaired) electrons. The molecule has 0 spiro atoms. The van der Waals surface area contributed by atoms with Crippen LogP contribution in [-0.4, -0.2) is 14.7 Å². The SMILES string of the molecule is Oc1c(N=Nc2nc(-c3ccc(Cl)cc3)cs2)c2cc(Cl)ccc2n1Cc1ccccc1. The molecule has 32 heavy (non-hydrogen) atoms. The van der Waals surface area contributed by atoms with Crippen molar-refractivity contribution in [3.63, 3.8) is 0 Å². The van der Waals surface area contributed by atoms with E-state index in [4.69, 9.17) is 23.2 Å². The average Bonchev–Trinajstić information content (AvgIpc) is 3.37. The molecule has 5 rings (SSSR count). The summed E-state index contributed by atoms with van der Waals surface area (Å²) in [4.78, 5) is 4.53. The Balaban J connectivity index is 1.51. The Kier molecular flexibility index (Phi) is 5.66. The number of aromatic nitrogens is 2. The molecular weight excluding hydrogens is 463 g/mol. The van der Waals surface area contributed by atoms with Gasteiger partial charge in [0.15, 0.2) is 5.69 Å². The topological polar surface area (TPSA) is 62.8 Å². The van der Waals surface area contributed by atoms with Crippen LogP contribution in [0.4, 0.5) is 10.8 Å². The number of hydrogen-bond donors (Lipinski definition) is 1. The van der Waals surface area contributed by atoms with Crippen LogP contribution in [0.2, 0.25) is 10.0 Å². The molecule has 2 heterocycles. The zero-order valence-corrected chi connectivity index (χ0v) is 18.9. The number of hydrogen-bond acceptors (Lipinski definition) is 5. The van der Waals surface area contributed by atoms with Gasteiger partial charge in [-0.05, 0) is 35.9 Å². The molecule has 0 fully saturated rings. The molecular formula is C24H16Cl2N4OS. The van der Waals surface area contributed by atoms with Crippen LogP contribution in [0, 0.1) is 0 Å². The fourth-order valence-corrected chi connectivity index (χ4v) is 4.42. The van der Waals surface area contributed by atoms with Gasteiger partial charge in [0.05, 0.1) is 17.8 Å². The van der Waals surface area contributed by atoms with Gasteiger partial charge in [0, 0.05) is 26.4 Å². The first-order chi connectivity index (χ1) is 15.6. The largest absolute Gasteiger partial charge is 0.493 e. The van der Waals surface area contributed by atoms with Gasteiger partial charge in [-0.15, -0.1) is 21.6 Å². The van der Waals surface area contributed by atoms with Crippen LogP contribution in [0.3, 0.4) is 0 Å². The molecule has 5 nitrogen and oxygen atoms in total. The third-order valence-electron chi connectivity index (χ3n) is 5.02. The van der Waals surface area contributed by atoms with Gasteiger partial charge in [0.1, 0.15) is 0 Å². The summed E-state index contributed by atoms with van der Waals surface area (Å²) in [5.41, 5.74) is 3.98. The maximum Gasteiger partial charge on any atom is 0.230 e. The van der Waals surface area contributed by atoms with E-state index >= 15 is 0 Å². The Hall–Kier alpha value is -3.19. The fraction of sp³-hybridized carbons (Fsp3) is 0.0417. The highest BCUT2D eigenvalue weighted by Crippen LogP contribution is 2.41. The third-order valence-corrected chi connectivity index (χ3v) is 6.24. The molecule has 0 amide bonds. The molecule has 0 aliphatic heterocycles. The maximum atomic E-state index is 11.0. The minimum Gasteiger partial charge on any atom is -0.493 e. The summed E-state index contributed by atoms with van der Waals surface area (Å²) in [5.74, 6) is 0.0318. The van der Waals surface area contributed by atoms with E-state index in [1.165, 1.54) is 11.3 Å². The van der Waals surface area contributed by atoms with E-state index < -0.39 is 0 Å². The number of benzene rings is 3. The molecule has 0 aliphatic carbocycles. The van der Waals surface area contributed by atoms with Crippen molar-refractivity contribution >= 4 is 56.3 Å². The monoisotopic (exact) mass is 478 g/mol. The molecule has 158 valence electrons. The summed E-state index contributed by atoms with van der Waals surface area (Å²) in [6.07, 6.45) is 0. The first-order valence-corrected chi connectivity index (χ1v) is 11.4. The third kappa shape index (κ3) is 4.12. The van der Waals surface area contributed by atoms with Crippen LogP contribution in [0.15, 0.2) is 88.4 Å². The lowest BCUT2D eigenvalue weighted by molar-refractivity contribution is 0.429. The first kappa shape index (κ1) is 20.7. The van der Waals surface area contributed by atoms with Crippen molar-refractivity contribution in [1.29, 1.82) is 0 Å². The average molecular weight is 479 g/mol. The Morgan fingerprint density at radius 2 is 1.66 bits per heavy atom. The van der Waals surface area contributed by atoms with Gasteiger partial charge in [-0.2, -0.15) is 0 Å². The van der Waals surface area contributed by atoms with Crippen molar-refractivity contribution < 1.29 is 5.11 Å². The zero-order chi connectivity index (χ0) is 22.1. The van der Waals surface area contributed by atoms with Gasteiger partial charge in [0.25, 0.3) is 0 Å². The molecule has 0 unspecified atom stereocenters. The van der Waals surface area contributed by atoms with E-state index in [0.29, 0.717) is 27.4 Å². The highest BCUT2D eigenvalue weighted by Gasteiger charge is 2.17. The summed E-state index contributed by atoms with van der Waals surface area (Å²) in [6, 6.07) is 22.8. The smallest absolute Gasteiger partial charge is 0.230 e. The fourth-order valence-electron chi connectivity index (χ4n) is 3.48. The predicted molar refractivity (Wildman–Crippen MR) is 131 cm³/mol. The molecule has 0 aliphatic rings. The van der Waals surface area contributed by atoms with Crippen LogP contribution < -0.4 is 0 Å². The van der Waals surface area contributed by atoms with Crippen molar-refractivity contribution in [2.45, 2.75) is 6.54 Å². The number of fused-ring (bicyclic) bond motifs is 1. The van der Waals surface area contributed by atoms with Gasteiger partial charge in [-0.3, -0.25) is 0 Å². The van der Waals surface area contributed by atoms with E-state index in [-0.39, 0.29) is 5.88 Å². The Morgan fingerprint density at radius 1 is 0.906 bits per heavy atom. The zero-order valence-electron chi connectivity index (χ0n) is 16.6. The molecule has 2 aromatic heterocycles. The van der Waals surface area contributed by atoms with Crippen molar-refractivity contribution in [2.24, 2.45) is 10.2 Å². The molecule has 5 aromatic rings. The molecule has 1 N–H and O–H groups in total. The van der Waals surface area contributed by atoms with Crippen molar-refractivity contribution in [2.75, 3.05) is 0 Å². The Labute approximate surface area is 198 Å². The van der Waals surface area contributed by atoms with Gasteiger partial charge in [-0.25, -0.2) is 4.98 Å². The standard InChI is InChI=1S/C24H16Cl2N4OS/c25-17-8-6-16(7-9-17)20-14-32-24(27-20)29-28-22-19-12-18(26)10-11-21(19)30(23(22)31)13-15-4-2-1-3-5-15/h1-12,14,31H,13H2. The Morgan fingerprint density at radius 3 is 2.44 bits per heavy atom. The summed E-state index contributed by atoms with van der Waals surface area (Å²) in [7, 11) is 0. The molecule has 3 aromatic carbocycles. The van der Waals surface area contributed by atoms with Crippen molar-refractivity contribution in [3.05, 3.63) is 93.8 Å². The highest BCUT2D eigenvalue weighted by atomic mass is 35.5. The Bertz CT molecular complexity index is 1430. The van der Waals surface area contributed by atoms with E-state index in [9.17, 15) is 5.11 Å². The van der Waals surface area contributed by atoms with E-state index in [1.807, 2.05) is 66.0 Å². The van der Waals surface area contributed by atoms with E-state index in [1.54, 1.807) is 16.7 Å². The van der Waals surface area contributed by atoms with Gasteiger partial charge in [-0.1, -0.05) is 65.7 Å². The van der Waals surface area contributed by atoms with Gasteiger partial charge >= 0.3 is 0 Å². The van der Waals surface area contributed by atoms with Crippen molar-refractivity contribution in [1.82, 2.24) is 9.55 Å². The number of halogens is 2. The number of rotatable bonds is 5. The predicted octanol–water partition coefficient (Wildman–Crippen LogP) is 8.24. The number of azo groups is 1. The van der Waals surface area contributed by atoms with Gasteiger partial charge in [0.2, 0.25) is 11.0 Å². The van der Waals surface area contributed by atoms with Crippen molar-refractivity contribution in [3.8, 4) is 17.1 Å².